The van der Waals surface area contributed by atoms with Crippen molar-refractivity contribution >= 4 is 32.7 Å². The lowest BCUT2D eigenvalue weighted by atomic mass is 9.97. The molecule has 0 aliphatic heterocycles. The average molecular weight is 522 g/mol. The molecule has 188 valence electrons. The maximum absolute atomic E-state index is 13.5. The largest absolute Gasteiger partial charge is 0.496 e. The molecule has 0 radical (unpaired) electrons. The molecule has 3 aromatic heterocycles. The fourth-order valence-corrected chi connectivity index (χ4v) is 4.93. The highest BCUT2D eigenvalue weighted by Crippen LogP contribution is 2.35. The van der Waals surface area contributed by atoms with Crippen LogP contribution in [0.2, 0.25) is 0 Å². The van der Waals surface area contributed by atoms with Gasteiger partial charge < -0.3 is 9.47 Å². The predicted octanol–water partition coefficient (Wildman–Crippen LogP) is 6.01. The second-order valence-corrected chi connectivity index (χ2v) is 9.50. The van der Waals surface area contributed by atoms with Gasteiger partial charge in [-0.15, -0.1) is 0 Å². The molecule has 0 fully saturated rings. The van der Waals surface area contributed by atoms with E-state index < -0.39 is 0 Å². The van der Waals surface area contributed by atoms with Crippen LogP contribution in [0, 0.1) is 18.3 Å². The summed E-state index contributed by atoms with van der Waals surface area (Å²) in [7, 11) is 3.24. The van der Waals surface area contributed by atoms with Crippen LogP contribution in [0.4, 0.5) is 5.13 Å². The van der Waals surface area contributed by atoms with Gasteiger partial charge >= 0.3 is 0 Å². The Kier molecular flexibility index (Phi) is 7.09. The number of pyridine rings is 2. The van der Waals surface area contributed by atoms with Crippen molar-refractivity contribution in [3.8, 4) is 34.2 Å². The predicted molar refractivity (Wildman–Crippen MR) is 147 cm³/mol. The second kappa shape index (κ2) is 10.8. The van der Waals surface area contributed by atoms with Gasteiger partial charge in [0.1, 0.15) is 16.1 Å². The zero-order valence-electron chi connectivity index (χ0n) is 21.0. The normalized spacial score (nSPS) is 10.8. The summed E-state index contributed by atoms with van der Waals surface area (Å²) in [6, 6.07) is 20.7. The molecular weight excluding hydrogens is 498 g/mol. The van der Waals surface area contributed by atoms with Gasteiger partial charge in [0.15, 0.2) is 5.13 Å². The Morgan fingerprint density at radius 3 is 2.58 bits per heavy atom. The Morgan fingerprint density at radius 1 is 1.03 bits per heavy atom. The first-order chi connectivity index (χ1) is 18.5. The zero-order chi connectivity index (χ0) is 26.6. The van der Waals surface area contributed by atoms with Gasteiger partial charge in [0.05, 0.1) is 36.6 Å². The van der Waals surface area contributed by atoms with Crippen LogP contribution in [0.3, 0.4) is 0 Å². The Morgan fingerprint density at radius 2 is 1.84 bits per heavy atom. The van der Waals surface area contributed by atoms with Gasteiger partial charge in [-0.05, 0) is 55.0 Å². The number of amides is 1. The number of nitriles is 1. The van der Waals surface area contributed by atoms with Crippen LogP contribution in [-0.2, 0) is 11.3 Å². The number of thiazole rings is 1. The lowest BCUT2D eigenvalue weighted by Gasteiger charge is -2.14. The minimum absolute atomic E-state index is 0.335. The van der Waals surface area contributed by atoms with Gasteiger partial charge in [-0.1, -0.05) is 29.5 Å². The van der Waals surface area contributed by atoms with E-state index in [0.717, 1.165) is 28.1 Å². The van der Waals surface area contributed by atoms with Crippen LogP contribution < -0.4 is 10.1 Å². The quantitative estimate of drug-likeness (QED) is 0.279. The molecular formula is C29H23N5O3S. The minimum atomic E-state index is -0.335. The lowest BCUT2D eigenvalue weighted by Crippen LogP contribution is -2.14. The zero-order valence-corrected chi connectivity index (χ0v) is 21.8. The Bertz CT molecular complexity index is 1690. The topological polar surface area (TPSA) is 110 Å². The highest BCUT2D eigenvalue weighted by Gasteiger charge is 2.19. The van der Waals surface area contributed by atoms with E-state index in [4.69, 9.17) is 19.7 Å². The minimum Gasteiger partial charge on any atom is -0.496 e. The molecule has 5 rings (SSSR count). The van der Waals surface area contributed by atoms with E-state index >= 15 is 0 Å². The average Bonchev–Trinajstić information content (AvgIpc) is 3.34. The fraction of sp³-hybridized carbons (Fsp3) is 0.138. The standard InChI is InChI=1S/C29H23N5O3S/c1-17-12-21(22-13-19(16-36-2)6-11-26(22)37-3)23(15-31-17)27(35)34-29-33-25-10-9-24(32-28(25)38-29)20-7-4-18(14-30)5-8-20/h4-13,15H,16H2,1-3H3,(H,33,34,35). The number of hydrogen-bond donors (Lipinski definition) is 1. The molecule has 0 spiro atoms. The summed E-state index contributed by atoms with van der Waals surface area (Å²) in [5.74, 6) is 0.307. The molecule has 1 amide bonds. The van der Waals surface area contributed by atoms with Gasteiger partial charge in [-0.25, -0.2) is 9.97 Å². The summed E-state index contributed by atoms with van der Waals surface area (Å²) in [5.41, 5.74) is 6.53. The molecule has 2 aromatic carbocycles. The summed E-state index contributed by atoms with van der Waals surface area (Å²) in [6.45, 7) is 2.31. The van der Waals surface area contributed by atoms with Crippen LogP contribution in [0.5, 0.6) is 5.75 Å². The van der Waals surface area contributed by atoms with Crippen molar-refractivity contribution in [3.63, 3.8) is 0 Å². The van der Waals surface area contributed by atoms with Crippen molar-refractivity contribution in [2.24, 2.45) is 0 Å². The van der Waals surface area contributed by atoms with Gasteiger partial charge in [0.25, 0.3) is 5.91 Å². The smallest absolute Gasteiger partial charge is 0.259 e. The van der Waals surface area contributed by atoms with E-state index in [1.807, 2.05) is 55.5 Å². The van der Waals surface area contributed by atoms with Crippen LogP contribution in [0.15, 0.2) is 66.9 Å². The summed E-state index contributed by atoms with van der Waals surface area (Å²) in [6.07, 6.45) is 1.57. The molecule has 5 aromatic rings. The number of nitrogens with zero attached hydrogens (tertiary/aromatic N) is 4. The number of benzene rings is 2. The molecule has 0 atom stereocenters. The number of ether oxygens (including phenoxy) is 2. The molecule has 0 unspecified atom stereocenters. The number of rotatable bonds is 7. The maximum atomic E-state index is 13.5. The molecule has 8 nitrogen and oxygen atoms in total. The lowest BCUT2D eigenvalue weighted by molar-refractivity contribution is 0.102. The number of methoxy groups -OCH3 is 2. The van der Waals surface area contributed by atoms with E-state index in [-0.39, 0.29) is 5.91 Å². The van der Waals surface area contributed by atoms with Gasteiger partial charge in [0, 0.05) is 35.7 Å². The summed E-state index contributed by atoms with van der Waals surface area (Å²) < 4.78 is 10.9. The molecule has 0 bridgehead atoms. The number of aromatic nitrogens is 3. The number of fused-ring (bicyclic) bond motifs is 1. The van der Waals surface area contributed by atoms with Crippen LogP contribution >= 0.6 is 11.3 Å². The number of aryl methyl sites for hydroxylation is 1. The van der Waals surface area contributed by atoms with Crippen molar-refractivity contribution in [1.82, 2.24) is 15.0 Å². The van der Waals surface area contributed by atoms with E-state index in [9.17, 15) is 4.79 Å². The monoisotopic (exact) mass is 521 g/mol. The summed E-state index contributed by atoms with van der Waals surface area (Å²) >= 11 is 1.29. The molecule has 0 aliphatic rings. The van der Waals surface area contributed by atoms with Crippen molar-refractivity contribution in [2.75, 3.05) is 19.5 Å². The highest BCUT2D eigenvalue weighted by molar-refractivity contribution is 7.22. The van der Waals surface area contributed by atoms with E-state index in [1.54, 1.807) is 32.5 Å². The molecule has 0 aliphatic carbocycles. The first-order valence-electron chi connectivity index (χ1n) is 11.7. The Balaban J connectivity index is 1.47. The van der Waals surface area contributed by atoms with Crippen molar-refractivity contribution in [2.45, 2.75) is 13.5 Å². The van der Waals surface area contributed by atoms with Gasteiger partial charge in [-0.3, -0.25) is 15.1 Å². The maximum Gasteiger partial charge on any atom is 0.259 e. The third-order valence-electron chi connectivity index (χ3n) is 5.94. The van der Waals surface area contributed by atoms with Crippen LogP contribution in [0.25, 0.3) is 32.7 Å². The van der Waals surface area contributed by atoms with E-state index in [2.05, 4.69) is 21.4 Å². The molecule has 0 saturated heterocycles. The fourth-order valence-electron chi connectivity index (χ4n) is 4.10. The molecule has 0 saturated carbocycles. The van der Waals surface area contributed by atoms with Crippen molar-refractivity contribution in [3.05, 3.63) is 89.2 Å². The van der Waals surface area contributed by atoms with Gasteiger partial charge in [-0.2, -0.15) is 5.26 Å². The first kappa shape index (κ1) is 25.0. The second-order valence-electron chi connectivity index (χ2n) is 8.52. The highest BCUT2D eigenvalue weighted by atomic mass is 32.1. The third-order valence-corrected chi connectivity index (χ3v) is 6.82. The molecule has 3 heterocycles. The summed E-state index contributed by atoms with van der Waals surface area (Å²) in [5, 5.41) is 12.4. The number of anilines is 1. The molecule has 9 heteroatoms. The number of hydrogen-bond acceptors (Lipinski definition) is 8. The van der Waals surface area contributed by atoms with Crippen LogP contribution in [0.1, 0.15) is 27.2 Å². The van der Waals surface area contributed by atoms with E-state index in [0.29, 0.717) is 44.5 Å². The molecule has 38 heavy (non-hydrogen) atoms. The van der Waals surface area contributed by atoms with Crippen molar-refractivity contribution in [1.29, 1.82) is 5.26 Å². The SMILES string of the molecule is COCc1ccc(OC)c(-c2cc(C)ncc2C(=O)Nc2nc3ccc(-c4ccc(C#N)cc4)nc3s2)c1. The Labute approximate surface area is 223 Å². The number of carbonyl (C=O) groups excluding carboxylic acids is 1. The van der Waals surface area contributed by atoms with E-state index in [1.165, 1.54) is 11.3 Å². The van der Waals surface area contributed by atoms with Crippen LogP contribution in [-0.4, -0.2) is 35.1 Å². The number of nitrogens with one attached hydrogen (secondary N) is 1. The third kappa shape index (κ3) is 5.09. The van der Waals surface area contributed by atoms with Crippen molar-refractivity contribution < 1.29 is 14.3 Å². The summed E-state index contributed by atoms with van der Waals surface area (Å²) in [4.78, 5) is 27.8. The van der Waals surface area contributed by atoms with Gasteiger partial charge in [0.2, 0.25) is 0 Å². The first-order valence-corrected chi connectivity index (χ1v) is 12.5. The Hall–Kier alpha value is -4.65. The molecule has 1 N–H and O–H groups in total. The number of carbonyl (C=O) groups is 1.